The predicted molar refractivity (Wildman–Crippen MR) is 115 cm³/mol. The maximum atomic E-state index is 6.39. The molecule has 0 saturated carbocycles. The highest BCUT2D eigenvalue weighted by Crippen LogP contribution is 2.28. The number of benzene rings is 2. The third-order valence-electron chi connectivity index (χ3n) is 4.59. The first-order chi connectivity index (χ1) is 13.2. The van der Waals surface area contributed by atoms with E-state index in [0.29, 0.717) is 5.02 Å². The summed E-state index contributed by atoms with van der Waals surface area (Å²) in [5.41, 5.74) is 5.01. The fraction of sp³-hybridized carbons (Fsp3) is 0.143. The molecule has 134 valence electrons. The minimum absolute atomic E-state index is 0.696. The minimum atomic E-state index is 0.696. The number of halogens is 1. The summed E-state index contributed by atoms with van der Waals surface area (Å²) in [4.78, 5) is 4.78. The Balaban J connectivity index is 1.59. The van der Waals surface area contributed by atoms with Gasteiger partial charge in [-0.1, -0.05) is 60.1 Å². The number of hydrogen-bond donors (Lipinski definition) is 1. The van der Waals surface area contributed by atoms with Crippen LogP contribution in [-0.4, -0.2) is 29.0 Å². The lowest BCUT2D eigenvalue weighted by Crippen LogP contribution is -2.11. The first kappa shape index (κ1) is 17.6. The highest BCUT2D eigenvalue weighted by Gasteiger charge is 2.12. The lowest BCUT2D eigenvalue weighted by atomic mass is 10.0. The number of anilines is 1. The summed E-state index contributed by atoms with van der Waals surface area (Å²) in [7, 11) is 2.02. The van der Waals surface area contributed by atoms with Gasteiger partial charge in [0.1, 0.15) is 13.7 Å². The largest absolute Gasteiger partial charge is 0.370 e. The molecule has 27 heavy (non-hydrogen) atoms. The van der Waals surface area contributed by atoms with E-state index in [-0.39, 0.29) is 0 Å². The van der Waals surface area contributed by atoms with Crippen molar-refractivity contribution in [1.29, 1.82) is 0 Å². The van der Waals surface area contributed by atoms with E-state index < -0.39 is 0 Å². The van der Waals surface area contributed by atoms with E-state index in [4.69, 9.17) is 16.6 Å². The Kier molecular flexibility index (Phi) is 5.12. The summed E-state index contributed by atoms with van der Waals surface area (Å²) in [5, 5.41) is 8.69. The standard InChI is InChI=1S/C21H20BClN4/c22-17-14-25-27-20(24-12-6-9-15-7-2-1-3-8-15)13-19(26-21(17)27)16-10-4-5-11-18(16)23/h1-5,7-8,10-11,13-14,24H,6,9,12,22H2. The zero-order valence-corrected chi connectivity index (χ0v) is 15.9. The summed E-state index contributed by atoms with van der Waals surface area (Å²) in [6.45, 7) is 0.856. The van der Waals surface area contributed by atoms with E-state index in [1.807, 2.05) is 55.0 Å². The molecule has 0 aliphatic heterocycles. The Morgan fingerprint density at radius 1 is 1.04 bits per heavy atom. The van der Waals surface area contributed by atoms with Crippen molar-refractivity contribution in [3.8, 4) is 11.3 Å². The van der Waals surface area contributed by atoms with Crippen molar-refractivity contribution in [1.82, 2.24) is 14.6 Å². The quantitative estimate of drug-likeness (QED) is 0.416. The van der Waals surface area contributed by atoms with Gasteiger partial charge >= 0.3 is 0 Å². The van der Waals surface area contributed by atoms with Crippen LogP contribution in [0.5, 0.6) is 0 Å². The van der Waals surface area contributed by atoms with Gasteiger partial charge in [0.2, 0.25) is 0 Å². The number of fused-ring (bicyclic) bond motifs is 1. The lowest BCUT2D eigenvalue weighted by molar-refractivity contribution is 0.843. The van der Waals surface area contributed by atoms with Crippen LogP contribution < -0.4 is 10.8 Å². The number of hydrogen-bond acceptors (Lipinski definition) is 3. The molecule has 0 saturated heterocycles. The lowest BCUT2D eigenvalue weighted by Gasteiger charge is -2.12. The molecular formula is C21H20BClN4. The van der Waals surface area contributed by atoms with Gasteiger partial charge < -0.3 is 5.32 Å². The fourth-order valence-corrected chi connectivity index (χ4v) is 3.39. The molecule has 2 aromatic carbocycles. The van der Waals surface area contributed by atoms with Crippen LogP contribution in [0.2, 0.25) is 5.02 Å². The van der Waals surface area contributed by atoms with Crippen molar-refractivity contribution in [3.05, 3.63) is 77.4 Å². The van der Waals surface area contributed by atoms with Gasteiger partial charge in [0.25, 0.3) is 0 Å². The highest BCUT2D eigenvalue weighted by molar-refractivity contribution is 6.36. The number of aromatic nitrogens is 3. The van der Waals surface area contributed by atoms with Crippen LogP contribution in [-0.2, 0) is 6.42 Å². The van der Waals surface area contributed by atoms with Crippen molar-refractivity contribution in [2.24, 2.45) is 0 Å². The third kappa shape index (κ3) is 3.83. The van der Waals surface area contributed by atoms with E-state index >= 15 is 0 Å². The van der Waals surface area contributed by atoms with Crippen molar-refractivity contribution < 1.29 is 0 Å². The highest BCUT2D eigenvalue weighted by atomic mass is 35.5. The molecule has 4 nitrogen and oxygen atoms in total. The van der Waals surface area contributed by atoms with Crippen molar-refractivity contribution >= 4 is 36.4 Å². The average Bonchev–Trinajstić information content (AvgIpc) is 3.07. The van der Waals surface area contributed by atoms with Gasteiger partial charge in [-0.2, -0.15) is 9.61 Å². The molecular weight excluding hydrogens is 355 g/mol. The van der Waals surface area contributed by atoms with Crippen LogP contribution in [0.1, 0.15) is 12.0 Å². The summed E-state index contributed by atoms with van der Waals surface area (Å²) >= 11 is 6.39. The van der Waals surface area contributed by atoms with E-state index in [9.17, 15) is 0 Å². The van der Waals surface area contributed by atoms with Gasteiger partial charge in [0, 0.05) is 29.4 Å². The van der Waals surface area contributed by atoms with Gasteiger partial charge in [0.15, 0.2) is 5.65 Å². The van der Waals surface area contributed by atoms with Gasteiger partial charge in [-0.25, -0.2) is 4.98 Å². The number of rotatable bonds is 6. The zero-order valence-electron chi connectivity index (χ0n) is 15.2. The summed E-state index contributed by atoms with van der Waals surface area (Å²) in [6, 6.07) is 20.3. The minimum Gasteiger partial charge on any atom is -0.370 e. The van der Waals surface area contributed by atoms with Crippen molar-refractivity contribution in [2.45, 2.75) is 12.8 Å². The molecule has 0 amide bonds. The van der Waals surface area contributed by atoms with Gasteiger partial charge in [-0.3, -0.25) is 0 Å². The van der Waals surface area contributed by atoms with E-state index in [2.05, 4.69) is 34.7 Å². The number of aryl methyl sites for hydroxylation is 1. The Morgan fingerprint density at radius 3 is 2.63 bits per heavy atom. The van der Waals surface area contributed by atoms with Crippen LogP contribution in [0, 0.1) is 0 Å². The molecule has 1 N–H and O–H groups in total. The molecule has 0 aliphatic rings. The normalized spacial score (nSPS) is 11.0. The topological polar surface area (TPSA) is 42.2 Å². The van der Waals surface area contributed by atoms with Gasteiger partial charge in [0.05, 0.1) is 5.69 Å². The van der Waals surface area contributed by atoms with Crippen LogP contribution in [0.3, 0.4) is 0 Å². The number of nitrogens with one attached hydrogen (secondary N) is 1. The van der Waals surface area contributed by atoms with Crippen LogP contribution in [0.25, 0.3) is 16.9 Å². The molecule has 0 spiro atoms. The van der Waals surface area contributed by atoms with Gasteiger partial charge in [-0.15, -0.1) is 0 Å². The molecule has 4 rings (SSSR count). The second-order valence-electron chi connectivity index (χ2n) is 6.59. The molecule has 2 aromatic heterocycles. The van der Waals surface area contributed by atoms with E-state index in [0.717, 1.165) is 47.6 Å². The molecule has 2 heterocycles. The van der Waals surface area contributed by atoms with E-state index in [1.54, 1.807) is 0 Å². The Bertz CT molecular complexity index is 1060. The first-order valence-electron chi connectivity index (χ1n) is 9.10. The average molecular weight is 375 g/mol. The Labute approximate surface area is 164 Å². The Morgan fingerprint density at radius 2 is 1.81 bits per heavy atom. The molecule has 6 heteroatoms. The smallest absolute Gasteiger partial charge is 0.151 e. The molecule has 0 fully saturated rings. The zero-order chi connectivity index (χ0) is 18.6. The maximum absolute atomic E-state index is 6.39. The van der Waals surface area contributed by atoms with Crippen molar-refractivity contribution in [2.75, 3.05) is 11.9 Å². The third-order valence-corrected chi connectivity index (χ3v) is 4.92. The molecule has 0 unspecified atom stereocenters. The van der Waals surface area contributed by atoms with Crippen LogP contribution in [0.15, 0.2) is 66.9 Å². The fourth-order valence-electron chi connectivity index (χ4n) is 3.16. The van der Waals surface area contributed by atoms with Crippen LogP contribution in [0.4, 0.5) is 5.82 Å². The summed E-state index contributed by atoms with van der Waals surface area (Å²) in [5.74, 6) is 0.927. The monoisotopic (exact) mass is 374 g/mol. The molecule has 0 bridgehead atoms. The predicted octanol–water partition coefficient (Wildman–Crippen LogP) is 3.35. The second-order valence-corrected chi connectivity index (χ2v) is 6.99. The molecule has 4 aromatic rings. The first-order valence-corrected chi connectivity index (χ1v) is 9.48. The summed E-state index contributed by atoms with van der Waals surface area (Å²) in [6.07, 6.45) is 3.92. The van der Waals surface area contributed by atoms with E-state index in [1.165, 1.54) is 5.56 Å². The number of nitrogens with zero attached hydrogens (tertiary/aromatic N) is 3. The van der Waals surface area contributed by atoms with Gasteiger partial charge in [-0.05, 0) is 29.9 Å². The molecule has 0 atom stereocenters. The maximum Gasteiger partial charge on any atom is 0.151 e. The summed E-state index contributed by atoms with van der Waals surface area (Å²) < 4.78 is 1.86. The Hall–Kier alpha value is -2.79. The second kappa shape index (κ2) is 7.84. The van der Waals surface area contributed by atoms with Crippen LogP contribution >= 0.6 is 11.6 Å². The molecule has 0 aliphatic carbocycles. The molecule has 0 radical (unpaired) electrons. The SMILES string of the molecule is Bc1cnn2c(NCCCc3ccccc3)cc(-c3ccccc3Cl)nc12. The van der Waals surface area contributed by atoms with Crippen molar-refractivity contribution in [3.63, 3.8) is 0 Å².